The number of unbranched alkanes of at least 4 members (excludes halogenated alkanes) is 3. The fourth-order valence-electron chi connectivity index (χ4n) is 3.17. The number of nitrogens with one attached hydrogen (secondary N) is 3. The maximum Gasteiger partial charge on any atom is 0.291 e. The predicted molar refractivity (Wildman–Crippen MR) is 129 cm³/mol. The highest BCUT2D eigenvalue weighted by molar-refractivity contribution is 6.04. The van der Waals surface area contributed by atoms with Crippen molar-refractivity contribution in [1.29, 1.82) is 0 Å². The second-order valence-corrected chi connectivity index (χ2v) is 7.80. The molecule has 0 aliphatic rings. The first-order valence-corrected chi connectivity index (χ1v) is 11.3. The fourth-order valence-corrected chi connectivity index (χ4v) is 3.17. The van der Waals surface area contributed by atoms with Gasteiger partial charge in [-0.2, -0.15) is 0 Å². The van der Waals surface area contributed by atoms with E-state index in [0.717, 1.165) is 18.4 Å². The van der Waals surface area contributed by atoms with Crippen molar-refractivity contribution >= 4 is 23.4 Å². The number of furan rings is 1. The Kier molecular flexibility index (Phi) is 8.85. The lowest BCUT2D eigenvalue weighted by Gasteiger charge is -2.11. The van der Waals surface area contributed by atoms with Crippen molar-refractivity contribution in [1.82, 2.24) is 10.9 Å². The highest BCUT2D eigenvalue weighted by Gasteiger charge is 2.14. The van der Waals surface area contributed by atoms with Gasteiger partial charge in [0.25, 0.3) is 17.7 Å². The number of ether oxygens (including phenoxy) is 1. The Labute approximate surface area is 198 Å². The van der Waals surface area contributed by atoms with Crippen LogP contribution in [0.1, 0.15) is 69.4 Å². The van der Waals surface area contributed by atoms with Crippen LogP contribution in [0.4, 0.5) is 5.69 Å². The van der Waals surface area contributed by atoms with Gasteiger partial charge < -0.3 is 14.5 Å². The minimum Gasteiger partial charge on any atom is -0.494 e. The Bertz CT molecular complexity index is 1110. The number of benzene rings is 2. The molecule has 0 aliphatic heterocycles. The minimum absolute atomic E-state index is 0.162. The third-order valence-corrected chi connectivity index (χ3v) is 5.17. The monoisotopic (exact) mass is 463 g/mol. The molecule has 0 aliphatic carbocycles. The van der Waals surface area contributed by atoms with E-state index < -0.39 is 17.7 Å². The predicted octanol–water partition coefficient (Wildman–Crippen LogP) is 4.87. The van der Waals surface area contributed by atoms with Crippen LogP contribution in [0.5, 0.6) is 5.75 Å². The van der Waals surface area contributed by atoms with Crippen molar-refractivity contribution in [2.75, 3.05) is 11.9 Å². The quantitative estimate of drug-likeness (QED) is 0.293. The number of hydrazine groups is 1. The van der Waals surface area contributed by atoms with E-state index in [1.165, 1.54) is 25.2 Å². The largest absolute Gasteiger partial charge is 0.494 e. The molecule has 0 fully saturated rings. The van der Waals surface area contributed by atoms with Crippen molar-refractivity contribution in [2.24, 2.45) is 0 Å². The molecular formula is C26H29N3O5. The lowest BCUT2D eigenvalue weighted by molar-refractivity contribution is 0.0846. The van der Waals surface area contributed by atoms with Crippen molar-refractivity contribution in [3.8, 4) is 5.75 Å². The maximum absolute atomic E-state index is 12.5. The summed E-state index contributed by atoms with van der Waals surface area (Å²) < 4.78 is 10.8. The van der Waals surface area contributed by atoms with Crippen LogP contribution in [0.2, 0.25) is 0 Å². The van der Waals surface area contributed by atoms with Crippen LogP contribution in [0.3, 0.4) is 0 Å². The summed E-state index contributed by atoms with van der Waals surface area (Å²) in [6, 6.07) is 14.7. The molecule has 0 unspecified atom stereocenters. The summed E-state index contributed by atoms with van der Waals surface area (Å²) in [7, 11) is 0. The molecule has 3 aromatic rings. The summed E-state index contributed by atoms with van der Waals surface area (Å²) >= 11 is 0. The topological polar surface area (TPSA) is 110 Å². The van der Waals surface area contributed by atoms with Crippen LogP contribution in [0.25, 0.3) is 0 Å². The number of hydrogen-bond acceptors (Lipinski definition) is 5. The molecule has 0 saturated carbocycles. The van der Waals surface area contributed by atoms with E-state index >= 15 is 0 Å². The third kappa shape index (κ3) is 6.96. The number of hydrogen-bond donors (Lipinski definition) is 3. The normalized spacial score (nSPS) is 10.4. The number of rotatable bonds is 10. The average molecular weight is 464 g/mol. The zero-order valence-electron chi connectivity index (χ0n) is 19.4. The van der Waals surface area contributed by atoms with E-state index in [2.05, 4.69) is 23.1 Å². The number of carbonyl (C=O) groups is 3. The van der Waals surface area contributed by atoms with Crippen molar-refractivity contribution in [2.45, 2.75) is 39.5 Å². The van der Waals surface area contributed by atoms with E-state index in [9.17, 15) is 14.4 Å². The van der Waals surface area contributed by atoms with Crippen LogP contribution in [-0.4, -0.2) is 24.3 Å². The Morgan fingerprint density at radius 2 is 1.56 bits per heavy atom. The van der Waals surface area contributed by atoms with Crippen LogP contribution < -0.4 is 20.9 Å². The van der Waals surface area contributed by atoms with Crippen molar-refractivity contribution in [3.05, 3.63) is 83.3 Å². The smallest absolute Gasteiger partial charge is 0.291 e. The van der Waals surface area contributed by atoms with Gasteiger partial charge in [0, 0.05) is 16.8 Å². The van der Waals surface area contributed by atoms with Gasteiger partial charge in [0.2, 0.25) is 0 Å². The minimum atomic E-state index is -0.520. The Balaban J connectivity index is 1.52. The summed E-state index contributed by atoms with van der Waals surface area (Å²) in [5.41, 5.74) is 6.68. The van der Waals surface area contributed by atoms with Gasteiger partial charge >= 0.3 is 0 Å². The second kappa shape index (κ2) is 12.2. The summed E-state index contributed by atoms with van der Waals surface area (Å²) in [5.74, 6) is -0.544. The molecule has 178 valence electrons. The molecule has 1 heterocycles. The van der Waals surface area contributed by atoms with Gasteiger partial charge in [-0.15, -0.1) is 0 Å². The zero-order valence-corrected chi connectivity index (χ0v) is 19.4. The second-order valence-electron chi connectivity index (χ2n) is 7.80. The van der Waals surface area contributed by atoms with E-state index in [1.807, 2.05) is 0 Å². The summed E-state index contributed by atoms with van der Waals surface area (Å²) in [6.45, 7) is 4.61. The third-order valence-electron chi connectivity index (χ3n) is 5.17. The van der Waals surface area contributed by atoms with E-state index in [4.69, 9.17) is 9.15 Å². The fraction of sp³-hybridized carbons (Fsp3) is 0.269. The van der Waals surface area contributed by atoms with Crippen LogP contribution >= 0.6 is 0 Å². The first-order chi connectivity index (χ1) is 16.5. The number of carbonyl (C=O) groups excluding carboxylic acids is 3. The molecule has 0 atom stereocenters. The van der Waals surface area contributed by atoms with Gasteiger partial charge in [-0.05, 0) is 67.4 Å². The molecular weight excluding hydrogens is 434 g/mol. The molecule has 0 bridgehead atoms. The summed E-state index contributed by atoms with van der Waals surface area (Å²) in [4.78, 5) is 37.1. The molecule has 1 aromatic heterocycles. The zero-order chi connectivity index (χ0) is 24.3. The van der Waals surface area contributed by atoms with Gasteiger partial charge in [0.1, 0.15) is 5.75 Å². The van der Waals surface area contributed by atoms with Crippen LogP contribution in [0, 0.1) is 6.92 Å². The standard InChI is InChI=1S/C26H29N3O5/c1-3-4-5-6-15-33-21-13-11-19(12-14-21)24(30)28-29-25(31)20-10-9-18(2)22(17-20)27-26(32)23-8-7-16-34-23/h7-14,16-17H,3-6,15H2,1-2H3,(H,27,32)(H,28,30)(H,29,31). The van der Waals surface area contributed by atoms with Gasteiger partial charge in [0.05, 0.1) is 12.9 Å². The molecule has 0 radical (unpaired) electrons. The van der Waals surface area contributed by atoms with Gasteiger partial charge in [-0.1, -0.05) is 32.3 Å². The van der Waals surface area contributed by atoms with Crippen LogP contribution in [0.15, 0.2) is 65.3 Å². The summed E-state index contributed by atoms with van der Waals surface area (Å²) in [6.07, 6.45) is 5.90. The van der Waals surface area contributed by atoms with Crippen molar-refractivity contribution < 1.29 is 23.5 Å². The molecule has 2 aromatic carbocycles. The highest BCUT2D eigenvalue weighted by atomic mass is 16.5. The molecule has 8 heteroatoms. The van der Waals surface area contributed by atoms with Crippen LogP contribution in [-0.2, 0) is 0 Å². The lowest BCUT2D eigenvalue weighted by Crippen LogP contribution is -2.41. The molecule has 3 N–H and O–H groups in total. The van der Waals surface area contributed by atoms with Gasteiger partial charge in [-0.3, -0.25) is 25.2 Å². The van der Waals surface area contributed by atoms with Crippen molar-refractivity contribution in [3.63, 3.8) is 0 Å². The van der Waals surface area contributed by atoms with E-state index in [0.29, 0.717) is 23.6 Å². The number of aryl methyl sites for hydroxylation is 1. The number of anilines is 1. The lowest BCUT2D eigenvalue weighted by atomic mass is 10.1. The molecule has 3 amide bonds. The SMILES string of the molecule is CCCCCCOc1ccc(C(=O)NNC(=O)c2ccc(C)c(NC(=O)c3ccco3)c2)cc1. The molecule has 8 nitrogen and oxygen atoms in total. The average Bonchev–Trinajstić information content (AvgIpc) is 3.39. The summed E-state index contributed by atoms with van der Waals surface area (Å²) in [5, 5.41) is 2.72. The Morgan fingerprint density at radius 1 is 0.853 bits per heavy atom. The molecule has 3 rings (SSSR count). The Morgan fingerprint density at radius 3 is 2.24 bits per heavy atom. The Hall–Kier alpha value is -4.07. The maximum atomic E-state index is 12.5. The molecule has 0 spiro atoms. The highest BCUT2D eigenvalue weighted by Crippen LogP contribution is 2.18. The van der Waals surface area contributed by atoms with E-state index in [-0.39, 0.29) is 11.3 Å². The first kappa shape index (κ1) is 24.6. The molecule has 0 saturated heterocycles. The van der Waals surface area contributed by atoms with Gasteiger partial charge in [0.15, 0.2) is 5.76 Å². The first-order valence-electron chi connectivity index (χ1n) is 11.3. The van der Waals surface area contributed by atoms with E-state index in [1.54, 1.807) is 55.5 Å². The number of amides is 3. The molecule has 34 heavy (non-hydrogen) atoms. The van der Waals surface area contributed by atoms with Gasteiger partial charge in [-0.25, -0.2) is 0 Å².